The van der Waals surface area contributed by atoms with E-state index in [1.807, 2.05) is 0 Å². The number of nitrogens with zero attached hydrogens (tertiary/aromatic N) is 1. The van der Waals surface area contributed by atoms with Gasteiger partial charge in [0.25, 0.3) is 0 Å². The fourth-order valence-corrected chi connectivity index (χ4v) is 1.22. The molecule has 3 nitrogen and oxygen atoms in total. The number of aromatic nitrogens is 1. The highest BCUT2D eigenvalue weighted by molar-refractivity contribution is 6.44. The van der Waals surface area contributed by atoms with Crippen molar-refractivity contribution in [2.45, 2.75) is 0 Å². The van der Waals surface area contributed by atoms with Gasteiger partial charge in [-0.1, -0.05) is 34.8 Å². The lowest BCUT2D eigenvalue weighted by Crippen LogP contribution is -2.24. The van der Waals surface area contributed by atoms with Crippen LogP contribution >= 0.6 is 34.8 Å². The van der Waals surface area contributed by atoms with Crippen LogP contribution in [0.15, 0.2) is 6.07 Å². The zero-order valence-electron chi connectivity index (χ0n) is 5.47. The molecule has 0 radical (unpaired) electrons. The van der Waals surface area contributed by atoms with E-state index in [9.17, 15) is 9.90 Å². The first-order chi connectivity index (χ1) is 5.52. The average molecular weight is 225 g/mol. The molecule has 0 amide bonds. The summed E-state index contributed by atoms with van der Waals surface area (Å²) in [4.78, 5) is 13.8. The Morgan fingerprint density at radius 2 is 2.00 bits per heavy atom. The summed E-state index contributed by atoms with van der Waals surface area (Å²) in [5.41, 5.74) is -0.450. The van der Waals surface area contributed by atoms with Crippen molar-refractivity contribution in [3.8, 4) is 0 Å². The highest BCUT2D eigenvalue weighted by Crippen LogP contribution is 2.26. The molecule has 1 heterocycles. The van der Waals surface area contributed by atoms with Crippen LogP contribution in [0.25, 0.3) is 0 Å². The van der Waals surface area contributed by atoms with Crippen LogP contribution in [0.5, 0.6) is 0 Å². The summed E-state index contributed by atoms with van der Waals surface area (Å²) < 4.78 is 0. The van der Waals surface area contributed by atoms with Crippen LogP contribution in [0, 0.1) is 0 Å². The molecular formula is C6HCl3NO2-. The summed E-state index contributed by atoms with van der Waals surface area (Å²) >= 11 is 16.4. The molecule has 1 rings (SSSR count). The number of carbonyl (C=O) groups is 1. The average Bonchev–Trinajstić information content (AvgIpc) is 1.96. The van der Waals surface area contributed by atoms with Gasteiger partial charge in [0.2, 0.25) is 0 Å². The van der Waals surface area contributed by atoms with Crippen molar-refractivity contribution >= 4 is 40.8 Å². The van der Waals surface area contributed by atoms with Gasteiger partial charge in [0.05, 0.1) is 16.0 Å². The third kappa shape index (κ3) is 1.80. The minimum atomic E-state index is -1.51. The van der Waals surface area contributed by atoms with Crippen LogP contribution in [0.1, 0.15) is 10.5 Å². The number of carboxylic acids is 1. The second-order valence-electron chi connectivity index (χ2n) is 1.88. The Morgan fingerprint density at radius 3 is 2.50 bits per heavy atom. The van der Waals surface area contributed by atoms with Crippen molar-refractivity contribution in [1.82, 2.24) is 4.98 Å². The summed E-state index contributed by atoms with van der Waals surface area (Å²) in [7, 11) is 0. The topological polar surface area (TPSA) is 53.0 Å². The Hall–Kier alpha value is -0.510. The lowest BCUT2D eigenvalue weighted by atomic mass is 10.3. The van der Waals surface area contributed by atoms with Gasteiger partial charge in [-0.15, -0.1) is 0 Å². The summed E-state index contributed by atoms with van der Waals surface area (Å²) in [6, 6.07) is 1.25. The zero-order chi connectivity index (χ0) is 9.30. The Bertz CT molecular complexity index is 340. The zero-order valence-corrected chi connectivity index (χ0v) is 7.74. The van der Waals surface area contributed by atoms with Gasteiger partial charge in [-0.2, -0.15) is 0 Å². The van der Waals surface area contributed by atoms with Gasteiger partial charge < -0.3 is 9.90 Å². The van der Waals surface area contributed by atoms with Crippen molar-refractivity contribution in [2.75, 3.05) is 0 Å². The van der Waals surface area contributed by atoms with Gasteiger partial charge in [0, 0.05) is 0 Å². The van der Waals surface area contributed by atoms with Crippen LogP contribution in [0.3, 0.4) is 0 Å². The maximum Gasteiger partial charge on any atom is 0.131 e. The predicted octanol–water partition coefficient (Wildman–Crippen LogP) is 1.41. The van der Waals surface area contributed by atoms with Crippen molar-refractivity contribution in [3.05, 3.63) is 27.0 Å². The van der Waals surface area contributed by atoms with E-state index in [0.29, 0.717) is 0 Å². The van der Waals surface area contributed by atoms with E-state index < -0.39 is 11.7 Å². The predicted molar refractivity (Wildman–Crippen MR) is 43.6 cm³/mol. The molecule has 0 N–H and O–H groups in total. The number of pyridine rings is 1. The molecular weight excluding hydrogens is 224 g/mol. The number of carboxylic acid groups (broad SMARTS) is 1. The fourth-order valence-electron chi connectivity index (χ4n) is 0.604. The first-order valence-electron chi connectivity index (χ1n) is 2.75. The number of aromatic carboxylic acids is 1. The first-order valence-corrected chi connectivity index (χ1v) is 3.88. The van der Waals surface area contributed by atoms with E-state index in [-0.39, 0.29) is 15.2 Å². The molecule has 6 heteroatoms. The van der Waals surface area contributed by atoms with Gasteiger partial charge in [-0.3, -0.25) is 0 Å². The van der Waals surface area contributed by atoms with Gasteiger partial charge in [-0.25, -0.2) is 4.98 Å². The standard InChI is InChI=1S/C6H2Cl3NO2/c7-2-1-3(8)10-5(4(2)9)6(11)12/h1H,(H,11,12)/p-1. The SMILES string of the molecule is O=C([O-])c1nc(Cl)cc(Cl)c1Cl. The van der Waals surface area contributed by atoms with Crippen molar-refractivity contribution in [3.63, 3.8) is 0 Å². The monoisotopic (exact) mass is 224 g/mol. The fraction of sp³-hybridized carbons (Fsp3) is 0. The van der Waals surface area contributed by atoms with Crippen LogP contribution in [-0.2, 0) is 0 Å². The number of hydrogen-bond donors (Lipinski definition) is 0. The molecule has 0 aliphatic heterocycles. The van der Waals surface area contributed by atoms with E-state index in [1.54, 1.807) is 0 Å². The molecule has 0 fully saturated rings. The van der Waals surface area contributed by atoms with Crippen LogP contribution in [-0.4, -0.2) is 11.0 Å². The third-order valence-electron chi connectivity index (χ3n) is 1.08. The molecule has 0 unspecified atom stereocenters. The molecule has 0 saturated carbocycles. The van der Waals surface area contributed by atoms with Gasteiger partial charge in [-0.05, 0) is 6.07 Å². The smallest absolute Gasteiger partial charge is 0.131 e. The van der Waals surface area contributed by atoms with Crippen molar-refractivity contribution in [1.29, 1.82) is 0 Å². The van der Waals surface area contributed by atoms with E-state index in [4.69, 9.17) is 34.8 Å². The second kappa shape index (κ2) is 3.47. The quantitative estimate of drug-likeness (QED) is 0.679. The number of halogens is 3. The second-order valence-corrected chi connectivity index (χ2v) is 3.05. The molecule has 1 aromatic rings. The summed E-state index contributed by atoms with van der Waals surface area (Å²) in [6.45, 7) is 0. The Labute approximate surface area is 82.9 Å². The molecule has 0 atom stereocenters. The maximum absolute atomic E-state index is 10.4. The summed E-state index contributed by atoms with van der Waals surface area (Å²) in [5, 5.41) is 10.2. The summed E-state index contributed by atoms with van der Waals surface area (Å²) in [5.74, 6) is -1.51. The van der Waals surface area contributed by atoms with E-state index in [0.717, 1.165) is 0 Å². The Balaban J connectivity index is 3.37. The minimum Gasteiger partial charge on any atom is -0.543 e. The van der Waals surface area contributed by atoms with Gasteiger partial charge in [0.15, 0.2) is 0 Å². The lowest BCUT2D eigenvalue weighted by molar-refractivity contribution is -0.255. The van der Waals surface area contributed by atoms with Crippen LogP contribution < -0.4 is 5.11 Å². The molecule has 1 aromatic heterocycles. The Morgan fingerprint density at radius 1 is 1.42 bits per heavy atom. The van der Waals surface area contributed by atoms with E-state index >= 15 is 0 Å². The van der Waals surface area contributed by atoms with Crippen molar-refractivity contribution < 1.29 is 9.90 Å². The van der Waals surface area contributed by atoms with Gasteiger partial charge >= 0.3 is 0 Å². The molecule has 0 aliphatic rings. The molecule has 0 aliphatic carbocycles. The Kier molecular flexibility index (Phi) is 2.77. The minimum absolute atomic E-state index is 0.0378. The van der Waals surface area contributed by atoms with Crippen LogP contribution in [0.4, 0.5) is 0 Å². The maximum atomic E-state index is 10.4. The van der Waals surface area contributed by atoms with Crippen LogP contribution in [0.2, 0.25) is 15.2 Å². The number of rotatable bonds is 1. The molecule has 0 aromatic carbocycles. The first kappa shape index (κ1) is 9.58. The lowest BCUT2D eigenvalue weighted by Gasteiger charge is -2.05. The number of hydrogen-bond acceptors (Lipinski definition) is 3. The van der Waals surface area contributed by atoms with Crippen molar-refractivity contribution in [2.24, 2.45) is 0 Å². The normalized spacial score (nSPS) is 9.92. The third-order valence-corrected chi connectivity index (χ3v) is 2.05. The summed E-state index contributed by atoms with van der Waals surface area (Å²) in [6.07, 6.45) is 0. The largest absolute Gasteiger partial charge is 0.543 e. The molecule has 12 heavy (non-hydrogen) atoms. The molecule has 0 saturated heterocycles. The van der Waals surface area contributed by atoms with Gasteiger partial charge in [0.1, 0.15) is 10.8 Å². The highest BCUT2D eigenvalue weighted by Gasteiger charge is 2.08. The molecule has 64 valence electrons. The van der Waals surface area contributed by atoms with E-state index in [2.05, 4.69) is 4.98 Å². The molecule has 0 bridgehead atoms. The highest BCUT2D eigenvalue weighted by atomic mass is 35.5. The number of carbonyl (C=O) groups excluding carboxylic acids is 1. The van der Waals surface area contributed by atoms with E-state index in [1.165, 1.54) is 6.07 Å². The molecule has 0 spiro atoms.